The van der Waals surface area contributed by atoms with E-state index in [9.17, 15) is 13.2 Å². The van der Waals surface area contributed by atoms with Gasteiger partial charge in [0.2, 0.25) is 15.9 Å². The number of amides is 1. The second-order valence-corrected chi connectivity index (χ2v) is 10.4. The molecule has 0 radical (unpaired) electrons. The van der Waals surface area contributed by atoms with Gasteiger partial charge >= 0.3 is 0 Å². The topological polar surface area (TPSA) is 69.7 Å². The van der Waals surface area contributed by atoms with Crippen LogP contribution in [0.2, 0.25) is 0 Å². The lowest BCUT2D eigenvalue weighted by Gasteiger charge is -2.30. The molecule has 6 nitrogen and oxygen atoms in total. The van der Waals surface area contributed by atoms with Crippen molar-refractivity contribution in [3.05, 3.63) is 22.2 Å². The summed E-state index contributed by atoms with van der Waals surface area (Å²) < 4.78 is 28.9. The highest BCUT2D eigenvalue weighted by molar-refractivity contribution is 9.10. The summed E-state index contributed by atoms with van der Waals surface area (Å²) in [6.45, 7) is 8.25. The molecular formula is C20H30BrN3O3S. The van der Waals surface area contributed by atoms with E-state index in [0.29, 0.717) is 24.0 Å². The first-order valence-corrected chi connectivity index (χ1v) is 12.4. The zero-order valence-electron chi connectivity index (χ0n) is 16.7. The number of likely N-dealkylation sites (tertiary alicyclic amines) is 1. The number of nitrogens with one attached hydrogen (secondary N) is 1. The molecule has 0 aromatic heterocycles. The quantitative estimate of drug-likeness (QED) is 0.620. The Balaban J connectivity index is 1.63. The van der Waals surface area contributed by atoms with Crippen molar-refractivity contribution >= 4 is 37.5 Å². The van der Waals surface area contributed by atoms with E-state index in [1.807, 2.05) is 13.0 Å². The van der Waals surface area contributed by atoms with Gasteiger partial charge in [-0.25, -0.2) is 13.1 Å². The van der Waals surface area contributed by atoms with Crippen molar-refractivity contribution in [2.75, 3.05) is 37.6 Å². The van der Waals surface area contributed by atoms with Gasteiger partial charge in [-0.05, 0) is 84.9 Å². The average Bonchev–Trinajstić information content (AvgIpc) is 3.08. The number of benzene rings is 1. The minimum absolute atomic E-state index is 0.0215. The summed E-state index contributed by atoms with van der Waals surface area (Å²) in [6.07, 6.45) is 4.39. The molecule has 1 aromatic carbocycles. The predicted octanol–water partition coefficient (Wildman–Crippen LogP) is 3.15. The van der Waals surface area contributed by atoms with E-state index < -0.39 is 10.0 Å². The number of anilines is 1. The summed E-state index contributed by atoms with van der Waals surface area (Å²) in [4.78, 5) is 16.5. The van der Waals surface area contributed by atoms with Crippen LogP contribution in [-0.2, 0) is 21.2 Å². The Labute approximate surface area is 176 Å². The fourth-order valence-electron chi connectivity index (χ4n) is 3.92. The van der Waals surface area contributed by atoms with Crippen molar-refractivity contribution in [2.45, 2.75) is 50.8 Å². The summed E-state index contributed by atoms with van der Waals surface area (Å²) in [6, 6.07) is 3.47. The van der Waals surface area contributed by atoms with E-state index in [1.165, 1.54) is 12.8 Å². The molecule has 156 valence electrons. The molecule has 28 heavy (non-hydrogen) atoms. The normalized spacial score (nSPS) is 18.5. The predicted molar refractivity (Wildman–Crippen MR) is 115 cm³/mol. The molecule has 1 amide bonds. The van der Waals surface area contributed by atoms with Crippen LogP contribution in [-0.4, -0.2) is 51.9 Å². The summed E-state index contributed by atoms with van der Waals surface area (Å²) in [5.74, 6) is 0.819. The summed E-state index contributed by atoms with van der Waals surface area (Å²) in [5.41, 5.74) is 1.73. The molecule has 1 fully saturated rings. The van der Waals surface area contributed by atoms with E-state index in [4.69, 9.17) is 0 Å². The van der Waals surface area contributed by atoms with Gasteiger partial charge in [-0.2, -0.15) is 0 Å². The molecule has 2 heterocycles. The molecule has 1 saturated heterocycles. The first-order chi connectivity index (χ1) is 13.3. The Morgan fingerprint density at radius 3 is 2.64 bits per heavy atom. The number of carbonyl (C=O) groups is 1. The number of halogens is 1. The Kier molecular flexibility index (Phi) is 7.17. The van der Waals surface area contributed by atoms with Crippen molar-refractivity contribution in [3.63, 3.8) is 0 Å². The van der Waals surface area contributed by atoms with Crippen LogP contribution in [0.15, 0.2) is 21.5 Å². The van der Waals surface area contributed by atoms with E-state index in [2.05, 4.69) is 32.5 Å². The van der Waals surface area contributed by atoms with Crippen LogP contribution in [0, 0.1) is 5.92 Å². The summed E-state index contributed by atoms with van der Waals surface area (Å²) in [5, 5.41) is 0. The molecule has 0 atom stereocenters. The van der Waals surface area contributed by atoms with Crippen molar-refractivity contribution in [1.29, 1.82) is 0 Å². The molecule has 1 aromatic rings. The molecule has 0 saturated carbocycles. The second-order valence-electron chi connectivity index (χ2n) is 7.84. The van der Waals surface area contributed by atoms with E-state index in [-0.39, 0.29) is 10.8 Å². The van der Waals surface area contributed by atoms with E-state index >= 15 is 0 Å². The van der Waals surface area contributed by atoms with Gasteiger partial charge in [0.15, 0.2) is 0 Å². The monoisotopic (exact) mass is 471 g/mol. The number of sulfonamides is 1. The number of hydrogen-bond donors (Lipinski definition) is 1. The minimum atomic E-state index is -3.63. The Morgan fingerprint density at radius 2 is 1.96 bits per heavy atom. The second kappa shape index (κ2) is 9.24. The summed E-state index contributed by atoms with van der Waals surface area (Å²) in [7, 11) is -3.63. The number of piperidine rings is 1. The van der Waals surface area contributed by atoms with Crippen molar-refractivity contribution < 1.29 is 13.2 Å². The molecule has 0 spiro atoms. The van der Waals surface area contributed by atoms with Crippen LogP contribution in [0.3, 0.4) is 0 Å². The van der Waals surface area contributed by atoms with Crippen LogP contribution in [0.5, 0.6) is 0 Å². The van der Waals surface area contributed by atoms with Gasteiger partial charge in [-0.3, -0.25) is 4.79 Å². The van der Waals surface area contributed by atoms with Crippen molar-refractivity contribution in [1.82, 2.24) is 9.62 Å². The molecule has 0 bridgehead atoms. The lowest BCUT2D eigenvalue weighted by Crippen LogP contribution is -2.35. The highest BCUT2D eigenvalue weighted by Gasteiger charge is 2.28. The SMILES string of the molecule is CCC(=O)N1CCc2cc(Br)c(S(=O)(=O)NCCCN3CCC(C)CC3)cc21. The van der Waals surface area contributed by atoms with Gasteiger partial charge in [0.05, 0.1) is 4.90 Å². The first kappa shape index (κ1) is 21.7. The smallest absolute Gasteiger partial charge is 0.241 e. The zero-order chi connectivity index (χ0) is 20.3. The number of nitrogens with zero attached hydrogens (tertiary/aromatic N) is 2. The van der Waals surface area contributed by atoms with Crippen LogP contribution in [0.1, 0.15) is 45.1 Å². The number of fused-ring (bicyclic) bond motifs is 1. The number of carbonyl (C=O) groups excluding carboxylic acids is 1. The molecule has 2 aliphatic rings. The third-order valence-electron chi connectivity index (χ3n) is 5.74. The van der Waals surface area contributed by atoms with E-state index in [0.717, 1.165) is 49.6 Å². The fourth-order valence-corrected chi connectivity index (χ4v) is 6.10. The van der Waals surface area contributed by atoms with Gasteiger partial charge < -0.3 is 9.80 Å². The van der Waals surface area contributed by atoms with Crippen molar-refractivity contribution in [2.24, 2.45) is 5.92 Å². The molecule has 0 aliphatic carbocycles. The van der Waals surface area contributed by atoms with Crippen LogP contribution in [0.25, 0.3) is 0 Å². The third-order valence-corrected chi connectivity index (χ3v) is 8.16. The third kappa shape index (κ3) is 4.96. The Bertz CT molecular complexity index is 820. The molecule has 3 rings (SSSR count). The maximum absolute atomic E-state index is 12.8. The first-order valence-electron chi connectivity index (χ1n) is 10.2. The van der Waals surface area contributed by atoms with Gasteiger partial charge in [0.25, 0.3) is 0 Å². The maximum atomic E-state index is 12.8. The molecule has 1 N–H and O–H groups in total. The van der Waals surface area contributed by atoms with Crippen LogP contribution < -0.4 is 9.62 Å². The highest BCUT2D eigenvalue weighted by atomic mass is 79.9. The lowest BCUT2D eigenvalue weighted by molar-refractivity contribution is -0.118. The van der Waals surface area contributed by atoms with Gasteiger partial charge in [0.1, 0.15) is 0 Å². The average molecular weight is 472 g/mol. The van der Waals surface area contributed by atoms with Crippen molar-refractivity contribution in [3.8, 4) is 0 Å². The van der Waals surface area contributed by atoms with Crippen LogP contribution >= 0.6 is 15.9 Å². The van der Waals surface area contributed by atoms with Crippen LogP contribution in [0.4, 0.5) is 5.69 Å². The van der Waals surface area contributed by atoms with Gasteiger partial charge in [0, 0.05) is 29.7 Å². The zero-order valence-corrected chi connectivity index (χ0v) is 19.1. The molecule has 0 unspecified atom stereocenters. The fraction of sp³-hybridized carbons (Fsp3) is 0.650. The Hall–Kier alpha value is -0.960. The standard InChI is InChI=1S/C20H30BrN3O3S/c1-3-20(25)24-12-7-16-13-17(21)19(14-18(16)24)28(26,27)22-8-4-9-23-10-5-15(2)6-11-23/h13-15,22H,3-12H2,1-2H3. The maximum Gasteiger partial charge on any atom is 0.241 e. The lowest BCUT2D eigenvalue weighted by atomic mass is 9.99. The largest absolute Gasteiger partial charge is 0.312 e. The summed E-state index contributed by atoms with van der Waals surface area (Å²) >= 11 is 3.41. The molecule has 2 aliphatic heterocycles. The van der Waals surface area contributed by atoms with E-state index in [1.54, 1.807) is 11.0 Å². The highest BCUT2D eigenvalue weighted by Crippen LogP contribution is 2.35. The van der Waals surface area contributed by atoms with Gasteiger partial charge in [-0.1, -0.05) is 13.8 Å². The van der Waals surface area contributed by atoms with Gasteiger partial charge in [-0.15, -0.1) is 0 Å². The number of rotatable bonds is 7. The number of hydrogen-bond acceptors (Lipinski definition) is 4. The Morgan fingerprint density at radius 1 is 1.25 bits per heavy atom. The molecule has 8 heteroatoms. The molecular weight excluding hydrogens is 442 g/mol. The minimum Gasteiger partial charge on any atom is -0.312 e.